The summed E-state index contributed by atoms with van der Waals surface area (Å²) < 4.78 is 0. The lowest BCUT2D eigenvalue weighted by molar-refractivity contribution is 0.299. The molecule has 4 heteroatoms. The largest absolute Gasteiger partial charge is 0.355 e. The van der Waals surface area contributed by atoms with E-state index in [1.54, 1.807) is 0 Å². The number of nitrogens with zero attached hydrogens (tertiary/aromatic N) is 2. The van der Waals surface area contributed by atoms with Crippen LogP contribution in [0.4, 0.5) is 0 Å². The van der Waals surface area contributed by atoms with Gasteiger partial charge in [0.05, 0.1) is 11.4 Å². The topological polar surface area (TPSA) is 57.4 Å². The highest BCUT2D eigenvalue weighted by Crippen LogP contribution is 2.44. The van der Waals surface area contributed by atoms with Crippen molar-refractivity contribution in [3.8, 4) is 22.3 Å². The first-order valence-corrected chi connectivity index (χ1v) is 16.4. The van der Waals surface area contributed by atoms with E-state index in [0.717, 1.165) is 56.6 Å². The third kappa shape index (κ3) is 4.93. The molecule has 0 saturated heterocycles. The van der Waals surface area contributed by atoms with E-state index in [0.29, 0.717) is 0 Å². The molecule has 3 aliphatic rings. The lowest BCUT2D eigenvalue weighted by atomic mass is 9.70. The van der Waals surface area contributed by atoms with Gasteiger partial charge < -0.3 is 9.97 Å². The van der Waals surface area contributed by atoms with Crippen LogP contribution in [-0.2, 0) is 11.8 Å². The summed E-state index contributed by atoms with van der Waals surface area (Å²) in [5.41, 5.74) is 18.4. The molecule has 1 fully saturated rings. The van der Waals surface area contributed by atoms with Crippen molar-refractivity contribution in [3.05, 3.63) is 118 Å². The van der Waals surface area contributed by atoms with Gasteiger partial charge in [-0.2, -0.15) is 0 Å². The molecule has 8 bridgehead atoms. The van der Waals surface area contributed by atoms with Gasteiger partial charge in [-0.1, -0.05) is 66.8 Å². The smallest absolute Gasteiger partial charge is 0.0737 e. The second-order valence-electron chi connectivity index (χ2n) is 13.6. The fourth-order valence-corrected chi connectivity index (χ4v) is 8.07. The number of fused-ring (bicyclic) bond motifs is 9. The third-order valence-electron chi connectivity index (χ3n) is 10.1. The fraction of sp³-hybridized carbons (Fsp3) is 0.268. The average Bonchev–Trinajstić information content (AvgIpc) is 3.82. The van der Waals surface area contributed by atoms with E-state index in [1.807, 2.05) is 0 Å². The summed E-state index contributed by atoms with van der Waals surface area (Å²) in [5.74, 6) is 0. The molecule has 4 nitrogen and oxygen atoms in total. The average molecular weight is 589 g/mol. The van der Waals surface area contributed by atoms with E-state index in [1.165, 1.54) is 71.3 Å². The lowest BCUT2D eigenvalue weighted by Crippen LogP contribution is -2.28. The van der Waals surface area contributed by atoms with E-state index >= 15 is 0 Å². The van der Waals surface area contributed by atoms with Gasteiger partial charge in [-0.25, -0.2) is 4.98 Å². The molecule has 2 N–H and O–H groups in total. The molecule has 1 saturated carbocycles. The van der Waals surface area contributed by atoms with Crippen LogP contribution in [0, 0.1) is 27.7 Å². The summed E-state index contributed by atoms with van der Waals surface area (Å²) in [7, 11) is 0. The molecule has 45 heavy (non-hydrogen) atoms. The first-order valence-electron chi connectivity index (χ1n) is 16.4. The van der Waals surface area contributed by atoms with Crippen LogP contribution in [0.15, 0.2) is 72.8 Å². The summed E-state index contributed by atoms with van der Waals surface area (Å²) in [5, 5.41) is 0. The minimum atomic E-state index is 0.122. The number of benzene rings is 2. The summed E-state index contributed by atoms with van der Waals surface area (Å²) in [6.45, 7) is 8.75. The second-order valence-corrected chi connectivity index (χ2v) is 13.6. The van der Waals surface area contributed by atoms with Crippen LogP contribution in [0.5, 0.6) is 0 Å². The zero-order valence-corrected chi connectivity index (χ0v) is 26.7. The van der Waals surface area contributed by atoms with Crippen LogP contribution >= 0.6 is 0 Å². The van der Waals surface area contributed by atoms with Crippen molar-refractivity contribution < 1.29 is 0 Å². The van der Waals surface area contributed by atoms with Crippen molar-refractivity contribution in [3.63, 3.8) is 0 Å². The van der Waals surface area contributed by atoms with Gasteiger partial charge in [0.2, 0.25) is 0 Å². The van der Waals surface area contributed by atoms with Crippen LogP contribution in [-0.4, -0.2) is 19.9 Å². The predicted octanol–water partition coefficient (Wildman–Crippen LogP) is 10.5. The molecule has 1 spiro atoms. The standard InChI is InChI=1S/C41H40N4/c1-25-8-10-29(11-9-25)39-33-14-13-31(43-33)23-37-41(18-6-5-7-19-41)24-32(44-37)22-30-12-15-35(42-30)40(36-17-16-34(39)45-36)38-27(3)20-26(2)21-28(38)4/h8-17,20-23,42-43H,5-7,18-19,24H2,1-4H3. The normalized spacial score (nSPS) is 15.6. The molecule has 5 aromatic rings. The molecule has 0 atom stereocenters. The minimum Gasteiger partial charge on any atom is -0.355 e. The van der Waals surface area contributed by atoms with Crippen LogP contribution in [0.25, 0.3) is 56.5 Å². The van der Waals surface area contributed by atoms with Gasteiger partial charge >= 0.3 is 0 Å². The minimum absolute atomic E-state index is 0.122. The Hall–Kier alpha value is -4.70. The maximum atomic E-state index is 5.39. The Bertz CT molecular complexity index is 2130. The van der Waals surface area contributed by atoms with E-state index in [2.05, 4.69) is 123 Å². The summed E-state index contributed by atoms with van der Waals surface area (Å²) >= 11 is 0. The fourth-order valence-electron chi connectivity index (χ4n) is 8.07. The molecule has 0 amide bonds. The molecular formula is C41H40N4. The van der Waals surface area contributed by atoms with Gasteiger partial charge in [0.15, 0.2) is 0 Å². The maximum absolute atomic E-state index is 5.39. The summed E-state index contributed by atoms with van der Waals surface area (Å²) in [6, 6.07) is 26.8. The zero-order chi connectivity index (χ0) is 30.7. The van der Waals surface area contributed by atoms with Crippen molar-refractivity contribution >= 4 is 34.2 Å². The number of aryl methyl sites for hydroxylation is 4. The second kappa shape index (κ2) is 10.7. The Kier molecular flexibility index (Phi) is 6.63. The molecule has 3 aromatic heterocycles. The van der Waals surface area contributed by atoms with E-state index in [4.69, 9.17) is 9.97 Å². The van der Waals surface area contributed by atoms with E-state index < -0.39 is 0 Å². The van der Waals surface area contributed by atoms with Gasteiger partial charge in [0.1, 0.15) is 0 Å². The Balaban J connectivity index is 1.50. The third-order valence-corrected chi connectivity index (χ3v) is 10.1. The molecule has 2 aliphatic heterocycles. The summed E-state index contributed by atoms with van der Waals surface area (Å²) in [6.07, 6.45) is 11.6. The number of aromatic nitrogens is 4. The lowest BCUT2D eigenvalue weighted by Gasteiger charge is -2.32. The van der Waals surface area contributed by atoms with Gasteiger partial charge in [0, 0.05) is 56.4 Å². The van der Waals surface area contributed by atoms with Crippen molar-refractivity contribution in [1.29, 1.82) is 0 Å². The van der Waals surface area contributed by atoms with E-state index in [-0.39, 0.29) is 5.41 Å². The van der Waals surface area contributed by atoms with Crippen molar-refractivity contribution in [2.45, 2.75) is 71.6 Å². The highest BCUT2D eigenvalue weighted by molar-refractivity contribution is 5.96. The number of nitrogens with one attached hydrogen (secondary N) is 2. The first kappa shape index (κ1) is 27.8. The number of hydrogen-bond donors (Lipinski definition) is 2. The zero-order valence-electron chi connectivity index (χ0n) is 26.7. The molecule has 2 aromatic carbocycles. The molecule has 224 valence electrons. The molecule has 8 rings (SSSR count). The number of H-pyrrole nitrogens is 2. The highest BCUT2D eigenvalue weighted by atomic mass is 14.8. The highest BCUT2D eigenvalue weighted by Gasteiger charge is 2.39. The number of rotatable bonds is 2. The summed E-state index contributed by atoms with van der Waals surface area (Å²) in [4.78, 5) is 18.3. The van der Waals surface area contributed by atoms with Gasteiger partial charge in [-0.05, 0) is 111 Å². The molecule has 5 heterocycles. The van der Waals surface area contributed by atoms with Crippen molar-refractivity contribution in [2.75, 3.05) is 0 Å². The molecule has 0 radical (unpaired) electrons. The van der Waals surface area contributed by atoms with Crippen LogP contribution < -0.4 is 0 Å². The molecular weight excluding hydrogens is 548 g/mol. The molecule has 1 aliphatic carbocycles. The Morgan fingerprint density at radius 2 is 1.20 bits per heavy atom. The quantitative estimate of drug-likeness (QED) is 0.211. The Morgan fingerprint density at radius 1 is 0.578 bits per heavy atom. The van der Waals surface area contributed by atoms with Crippen LogP contribution in [0.2, 0.25) is 0 Å². The SMILES string of the molecule is Cc1ccc(-c2c3nc(c(-c4c(C)cc(C)cc4C)c4ccc(cc5nc(cc6ccc2[nH]6)C2(CCCCC2)C5)[nH]4)C=C3)cc1. The van der Waals surface area contributed by atoms with Crippen molar-refractivity contribution in [2.24, 2.45) is 0 Å². The molecule has 0 unspecified atom stereocenters. The number of hydrogen-bond acceptors (Lipinski definition) is 2. The Labute approximate surface area is 265 Å². The van der Waals surface area contributed by atoms with E-state index in [9.17, 15) is 0 Å². The monoisotopic (exact) mass is 588 g/mol. The van der Waals surface area contributed by atoms with Crippen LogP contribution in [0.1, 0.15) is 77.1 Å². The first-order chi connectivity index (χ1) is 21.8. The Morgan fingerprint density at radius 3 is 1.89 bits per heavy atom. The predicted molar refractivity (Wildman–Crippen MR) is 188 cm³/mol. The number of aromatic amines is 2. The maximum Gasteiger partial charge on any atom is 0.0737 e. The van der Waals surface area contributed by atoms with Gasteiger partial charge in [-0.3, -0.25) is 4.98 Å². The van der Waals surface area contributed by atoms with Crippen molar-refractivity contribution in [1.82, 2.24) is 19.9 Å². The van der Waals surface area contributed by atoms with Gasteiger partial charge in [-0.15, -0.1) is 0 Å². The van der Waals surface area contributed by atoms with Gasteiger partial charge in [0.25, 0.3) is 0 Å². The van der Waals surface area contributed by atoms with Crippen LogP contribution in [0.3, 0.4) is 0 Å².